The number of carbonyl (C=O) groups is 3. The fourth-order valence-corrected chi connectivity index (χ4v) is 9.44. The Morgan fingerprint density at radius 2 is 1.67 bits per heavy atom. The predicted molar refractivity (Wildman–Crippen MR) is 233 cm³/mol. The molecule has 3 atom stereocenters. The smallest absolute Gasteiger partial charge is 0.413 e. The minimum Gasteiger partial charge on any atom is -0.493 e. The van der Waals surface area contributed by atoms with Crippen molar-refractivity contribution in [3.8, 4) is 45.8 Å². The van der Waals surface area contributed by atoms with Crippen LogP contribution in [0, 0.1) is 17.8 Å². The number of carbonyl (C=O) groups excluding carboxylic acids is 3. The molecule has 332 valence electrons. The maximum absolute atomic E-state index is 14.4. The van der Waals surface area contributed by atoms with Gasteiger partial charge in [0.05, 0.1) is 43.7 Å². The monoisotopic (exact) mass is 870 g/mol. The topological polar surface area (TPSA) is 192 Å². The average molecular weight is 871 g/mol. The number of nitrogens with zero attached hydrogens (tertiary/aromatic N) is 6. The van der Waals surface area contributed by atoms with Gasteiger partial charge in [-0.1, -0.05) is 12.8 Å². The molecule has 5 aliphatic rings. The first kappa shape index (κ1) is 41.1. The van der Waals surface area contributed by atoms with E-state index in [2.05, 4.69) is 25.3 Å². The van der Waals surface area contributed by atoms with Crippen molar-refractivity contribution in [3.63, 3.8) is 0 Å². The molecule has 64 heavy (non-hydrogen) atoms. The van der Waals surface area contributed by atoms with E-state index in [0.29, 0.717) is 89.5 Å². The molecule has 2 aliphatic carbocycles. The van der Waals surface area contributed by atoms with Gasteiger partial charge < -0.3 is 43.6 Å². The number of benzene rings is 2. The second-order valence-electron chi connectivity index (χ2n) is 17.0. The molecule has 6 heterocycles. The van der Waals surface area contributed by atoms with Crippen molar-refractivity contribution in [1.82, 2.24) is 35.2 Å². The summed E-state index contributed by atoms with van der Waals surface area (Å²) in [6.45, 7) is 1.39. The zero-order chi connectivity index (χ0) is 43.7. The molecule has 3 aromatic heterocycles. The summed E-state index contributed by atoms with van der Waals surface area (Å²) < 4.78 is 34.8. The van der Waals surface area contributed by atoms with E-state index in [9.17, 15) is 14.4 Å². The number of hydrogen-bond donors (Lipinski definition) is 2. The van der Waals surface area contributed by atoms with Crippen molar-refractivity contribution in [2.24, 2.45) is 22.9 Å². The lowest BCUT2D eigenvalue weighted by atomic mass is 9.73. The third-order valence-corrected chi connectivity index (χ3v) is 13.0. The summed E-state index contributed by atoms with van der Waals surface area (Å²) in [4.78, 5) is 60.4. The van der Waals surface area contributed by atoms with Gasteiger partial charge in [-0.3, -0.25) is 14.6 Å². The lowest BCUT2D eigenvalue weighted by Gasteiger charge is -2.43. The van der Waals surface area contributed by atoms with Crippen LogP contribution in [-0.4, -0.2) is 106 Å². The molecule has 5 aromatic rings. The molecule has 0 spiro atoms. The summed E-state index contributed by atoms with van der Waals surface area (Å²) in [7, 11) is 3.21. The summed E-state index contributed by atoms with van der Waals surface area (Å²) in [5, 5.41) is 9.62. The van der Waals surface area contributed by atoms with Gasteiger partial charge in [0.15, 0.2) is 28.7 Å². The number of H-pyrrole nitrogens is 1. The predicted octanol–water partition coefficient (Wildman–Crippen LogP) is 6.30. The lowest BCUT2D eigenvalue weighted by molar-refractivity contribution is -0.143. The third-order valence-electron chi connectivity index (χ3n) is 13.0. The van der Waals surface area contributed by atoms with Gasteiger partial charge in [-0.2, -0.15) is 5.10 Å². The molecule has 2 aromatic carbocycles. The minimum absolute atomic E-state index is 0.0223. The zero-order valence-corrected chi connectivity index (χ0v) is 35.8. The maximum atomic E-state index is 14.4. The number of hydrogen-bond acceptors (Lipinski definition) is 13. The average Bonchev–Trinajstić information content (AvgIpc) is 3.89. The number of pyridine rings is 1. The van der Waals surface area contributed by atoms with E-state index in [4.69, 9.17) is 33.5 Å². The Labute approximate surface area is 369 Å². The van der Waals surface area contributed by atoms with Gasteiger partial charge in [0, 0.05) is 55.5 Å². The number of aromatic nitrogens is 4. The van der Waals surface area contributed by atoms with Crippen LogP contribution in [0.25, 0.3) is 22.3 Å². The zero-order valence-electron chi connectivity index (χ0n) is 35.8. The Balaban J connectivity index is 0.857. The summed E-state index contributed by atoms with van der Waals surface area (Å²) >= 11 is 0. The highest BCUT2D eigenvalue weighted by Crippen LogP contribution is 2.49. The number of fused-ring (bicyclic) bond motifs is 3. The van der Waals surface area contributed by atoms with E-state index < -0.39 is 12.1 Å². The summed E-state index contributed by atoms with van der Waals surface area (Å²) in [6, 6.07) is 11.9. The molecule has 17 nitrogen and oxygen atoms in total. The molecular formula is C47H50N8O9. The van der Waals surface area contributed by atoms with E-state index in [1.54, 1.807) is 36.5 Å². The molecule has 3 fully saturated rings. The Bertz CT molecular complexity index is 2590. The van der Waals surface area contributed by atoms with Crippen LogP contribution in [0.3, 0.4) is 0 Å². The maximum Gasteiger partial charge on any atom is 0.413 e. The van der Waals surface area contributed by atoms with Gasteiger partial charge in [-0.05, 0) is 92.5 Å². The highest BCUT2D eigenvalue weighted by Gasteiger charge is 2.44. The number of rotatable bonds is 13. The first-order chi connectivity index (χ1) is 31.4. The van der Waals surface area contributed by atoms with Gasteiger partial charge in [0.2, 0.25) is 18.6 Å². The lowest BCUT2D eigenvalue weighted by Crippen LogP contribution is -2.56. The molecule has 3 aliphatic heterocycles. The van der Waals surface area contributed by atoms with Crippen LogP contribution in [0.1, 0.15) is 62.5 Å². The van der Waals surface area contributed by atoms with Crippen molar-refractivity contribution < 1.29 is 42.8 Å². The number of piperidine rings is 1. The molecule has 2 saturated carbocycles. The summed E-state index contributed by atoms with van der Waals surface area (Å²) in [6.07, 6.45) is 12.6. The van der Waals surface area contributed by atoms with Crippen LogP contribution in [0.15, 0.2) is 72.5 Å². The molecule has 2 N–H and O–H groups in total. The van der Waals surface area contributed by atoms with Gasteiger partial charge in [-0.15, -0.1) is 0 Å². The number of likely N-dealkylation sites (tertiary alicyclic amines) is 1. The van der Waals surface area contributed by atoms with Crippen LogP contribution >= 0.6 is 0 Å². The number of nitrogens with one attached hydrogen (secondary N) is 2. The van der Waals surface area contributed by atoms with Gasteiger partial charge >= 0.3 is 6.09 Å². The second-order valence-corrected chi connectivity index (χ2v) is 17.0. The molecule has 0 radical (unpaired) electrons. The molecule has 3 amide bonds. The molecule has 17 heteroatoms. The van der Waals surface area contributed by atoms with Crippen molar-refractivity contribution in [2.45, 2.75) is 69.9 Å². The van der Waals surface area contributed by atoms with E-state index in [1.165, 1.54) is 12.5 Å². The first-order valence-electron chi connectivity index (χ1n) is 22.0. The second kappa shape index (κ2) is 17.7. The van der Waals surface area contributed by atoms with Crippen molar-refractivity contribution >= 4 is 34.7 Å². The third kappa shape index (κ3) is 8.10. The highest BCUT2D eigenvalue weighted by molar-refractivity contribution is 6.07. The quantitative estimate of drug-likeness (QED) is 0.135. The first-order valence-corrected chi connectivity index (χ1v) is 22.0. The van der Waals surface area contributed by atoms with Crippen molar-refractivity contribution in [3.05, 3.63) is 78.5 Å². The normalized spacial score (nSPS) is 20.0. The Hall–Kier alpha value is -6.91. The van der Waals surface area contributed by atoms with E-state index >= 15 is 0 Å². The largest absolute Gasteiger partial charge is 0.493 e. The number of aromatic amines is 1. The molecule has 10 rings (SSSR count). The standard InChI is InChI=1S/C47H50N8O9/c1-59-34-10-9-29(22-37(34)60-2)40-31-5-3-4-6-32(31)45(56)55(53-40)30-15-19-54(20-16-30)46(57)33(21-27-13-17-48-18-14-27)52-47(58)64-38-23-49-43-41(38)50-25-51-42(43)39-35(61-24-28-7-8-28)11-12-36-44(39)63-26-62-36/h9-14,17-18,22-23,25,28,30-33,49H,3-8,15-16,19-21,24,26H2,1-2H3,(H,52,58)/t31-,32+,33-/m0/s1. The van der Waals surface area contributed by atoms with E-state index in [0.717, 1.165) is 55.4 Å². The van der Waals surface area contributed by atoms with E-state index in [1.807, 2.05) is 42.5 Å². The number of methoxy groups -OCH3 is 2. The van der Waals surface area contributed by atoms with Gasteiger partial charge in [-0.25, -0.2) is 19.8 Å². The number of hydrazone groups is 1. The molecule has 0 unspecified atom stereocenters. The van der Waals surface area contributed by atoms with Crippen LogP contribution in [0.2, 0.25) is 0 Å². The van der Waals surface area contributed by atoms with Crippen LogP contribution < -0.4 is 33.7 Å². The van der Waals surface area contributed by atoms with Crippen LogP contribution in [-0.2, 0) is 16.0 Å². The Kier molecular flexibility index (Phi) is 11.4. The molecule has 0 bridgehead atoms. The fraction of sp³-hybridized carbons (Fsp3) is 0.426. The van der Waals surface area contributed by atoms with Crippen molar-refractivity contribution in [2.75, 3.05) is 40.7 Å². The van der Waals surface area contributed by atoms with Crippen molar-refractivity contribution in [1.29, 1.82) is 0 Å². The summed E-state index contributed by atoms with van der Waals surface area (Å²) in [5.41, 5.74) is 4.57. The van der Waals surface area contributed by atoms with E-state index in [-0.39, 0.29) is 48.7 Å². The number of amides is 3. The minimum atomic E-state index is -0.966. The SMILES string of the molecule is COc1ccc(C2=NN(C3CCN(C(=O)[C@H](Cc4ccncc4)NC(=O)Oc4c[nH]c5c(-c6c(OCC7CC7)ccc7c6OCO7)ncnc45)CC3)C(=O)[C@@H]3CCCC[C@H]23)cc1OC. The Morgan fingerprint density at radius 1 is 0.891 bits per heavy atom. The van der Waals surface area contributed by atoms with Crippen LogP contribution in [0.4, 0.5) is 4.79 Å². The highest BCUT2D eigenvalue weighted by atomic mass is 16.7. The van der Waals surface area contributed by atoms with Gasteiger partial charge in [0.1, 0.15) is 29.3 Å². The fourth-order valence-electron chi connectivity index (χ4n) is 9.44. The number of ether oxygens (including phenoxy) is 6. The molecular weight excluding hydrogens is 821 g/mol. The summed E-state index contributed by atoms with van der Waals surface area (Å²) in [5.74, 6) is 3.23. The molecule has 1 saturated heterocycles. The van der Waals surface area contributed by atoms with Gasteiger partial charge in [0.25, 0.3) is 0 Å². The van der Waals surface area contributed by atoms with Crippen LogP contribution in [0.5, 0.6) is 34.5 Å². The Morgan fingerprint density at radius 3 is 2.45 bits per heavy atom.